The van der Waals surface area contributed by atoms with E-state index < -0.39 is 40.6 Å². The Balaban J connectivity index is 3.59. The van der Waals surface area contributed by atoms with E-state index in [1.54, 1.807) is 0 Å². The number of hydrogen-bond donors (Lipinski definition) is 0. The Morgan fingerprint density at radius 3 is 0.895 bits per heavy atom. The van der Waals surface area contributed by atoms with Gasteiger partial charge in [0.2, 0.25) is 0 Å². The summed E-state index contributed by atoms with van der Waals surface area (Å²) in [6, 6.07) is -13.6. The highest BCUT2D eigenvalue weighted by molar-refractivity contribution is 5.03. The Labute approximate surface area is 94.7 Å². The first-order chi connectivity index (χ1) is 7.99. The molecule has 0 N–H and O–H groups in total. The molecule has 1 heterocycles. The van der Waals surface area contributed by atoms with E-state index in [2.05, 4.69) is 0 Å². The third-order valence-electron chi connectivity index (χ3n) is 1.97. The van der Waals surface area contributed by atoms with Crippen LogP contribution >= 0.6 is 0 Å². The molecule has 0 saturated carbocycles. The molecule has 0 radical (unpaired) electrons. The van der Waals surface area contributed by atoms with Crippen molar-refractivity contribution >= 4 is 0 Å². The zero-order valence-electron chi connectivity index (χ0n) is 7.93. The van der Waals surface area contributed by atoms with Crippen molar-refractivity contribution in [3.8, 4) is 0 Å². The van der Waals surface area contributed by atoms with Crippen molar-refractivity contribution in [3.05, 3.63) is 0 Å². The molecule has 0 amide bonds. The molecule has 1 saturated heterocycles. The van der Waals surface area contributed by atoms with Gasteiger partial charge in [0.15, 0.2) is 0 Å². The minimum atomic E-state index is -6.91. The van der Waals surface area contributed by atoms with Crippen LogP contribution in [0.3, 0.4) is 0 Å². The molecule has 114 valence electrons. The molecule has 0 atom stereocenters. The zero-order chi connectivity index (χ0) is 15.7. The highest BCUT2D eigenvalue weighted by atomic mass is 19.4. The summed E-state index contributed by atoms with van der Waals surface area (Å²) in [6.45, 7) is 0. The minimum absolute atomic E-state index is 3.33. The standard InChI is InChI=1S/C5F12N2/c6-1(7)2(8,9)18(4(12,13)14)19(3(1,10)11)5(15,16)17. The van der Waals surface area contributed by atoms with Crippen LogP contribution in [0.1, 0.15) is 0 Å². The Hall–Kier alpha value is -0.920. The lowest BCUT2D eigenvalue weighted by atomic mass is 10.2. The van der Waals surface area contributed by atoms with E-state index in [0.717, 1.165) is 0 Å². The number of rotatable bonds is 0. The molecule has 19 heavy (non-hydrogen) atoms. The Morgan fingerprint density at radius 1 is 0.526 bits per heavy atom. The lowest BCUT2D eigenvalue weighted by Gasteiger charge is -2.32. The van der Waals surface area contributed by atoms with Gasteiger partial charge in [-0.2, -0.15) is 52.7 Å². The summed E-state index contributed by atoms with van der Waals surface area (Å²) in [5.74, 6) is -6.91. The molecule has 1 rings (SSSR count). The molecular formula is C5F12N2. The first-order valence-electron chi connectivity index (χ1n) is 3.86. The van der Waals surface area contributed by atoms with Gasteiger partial charge in [-0.25, -0.2) is 0 Å². The monoisotopic (exact) mass is 316 g/mol. The lowest BCUT2D eigenvalue weighted by molar-refractivity contribution is -0.461. The second kappa shape index (κ2) is 3.59. The fourth-order valence-corrected chi connectivity index (χ4v) is 1.24. The largest absolute Gasteiger partial charge is 0.479 e. The van der Waals surface area contributed by atoms with Gasteiger partial charge in [-0.05, 0) is 0 Å². The lowest BCUT2D eigenvalue weighted by Crippen LogP contribution is -2.60. The number of nitrogens with zero attached hydrogens (tertiary/aromatic N) is 2. The quantitative estimate of drug-likeness (QED) is 0.499. The van der Waals surface area contributed by atoms with Gasteiger partial charge in [-0.15, -0.1) is 0 Å². The van der Waals surface area contributed by atoms with Gasteiger partial charge in [0.25, 0.3) is 0 Å². The van der Waals surface area contributed by atoms with Crippen LogP contribution in [0.25, 0.3) is 0 Å². The molecule has 0 aliphatic carbocycles. The third-order valence-corrected chi connectivity index (χ3v) is 1.97. The molecule has 0 aromatic carbocycles. The van der Waals surface area contributed by atoms with Crippen LogP contribution in [0.5, 0.6) is 0 Å². The second-order valence-corrected chi connectivity index (χ2v) is 3.22. The van der Waals surface area contributed by atoms with Gasteiger partial charge in [-0.3, -0.25) is 0 Å². The van der Waals surface area contributed by atoms with Crippen molar-refractivity contribution in [1.82, 2.24) is 10.0 Å². The van der Waals surface area contributed by atoms with Crippen LogP contribution in [-0.4, -0.2) is 40.6 Å². The van der Waals surface area contributed by atoms with Crippen LogP contribution < -0.4 is 0 Å². The fraction of sp³-hybridized carbons (Fsp3) is 1.00. The second-order valence-electron chi connectivity index (χ2n) is 3.22. The molecule has 1 aliphatic rings. The summed E-state index contributed by atoms with van der Waals surface area (Å²) < 4.78 is 147. The molecule has 2 nitrogen and oxygen atoms in total. The van der Waals surface area contributed by atoms with Crippen LogP contribution in [-0.2, 0) is 0 Å². The average Bonchev–Trinajstić information content (AvgIpc) is 2.18. The fourth-order valence-electron chi connectivity index (χ4n) is 1.24. The van der Waals surface area contributed by atoms with Crippen molar-refractivity contribution in [2.45, 2.75) is 30.6 Å². The first kappa shape index (κ1) is 16.1. The van der Waals surface area contributed by atoms with E-state index in [4.69, 9.17) is 0 Å². The van der Waals surface area contributed by atoms with Crippen molar-refractivity contribution in [2.75, 3.05) is 0 Å². The van der Waals surface area contributed by atoms with Crippen LogP contribution in [0.2, 0.25) is 0 Å². The molecular weight excluding hydrogens is 316 g/mol. The van der Waals surface area contributed by atoms with E-state index in [9.17, 15) is 52.7 Å². The molecule has 14 heteroatoms. The van der Waals surface area contributed by atoms with Crippen LogP contribution in [0.15, 0.2) is 0 Å². The van der Waals surface area contributed by atoms with Gasteiger partial charge in [-0.1, -0.05) is 10.0 Å². The SMILES string of the molecule is FC(F)(F)N1N(C(F)(F)F)C(F)(F)C(F)(F)C1(F)F. The van der Waals surface area contributed by atoms with Crippen molar-refractivity contribution in [2.24, 2.45) is 0 Å². The molecule has 0 aromatic rings. The third kappa shape index (κ3) is 1.91. The summed E-state index contributed by atoms with van der Waals surface area (Å²) in [4.78, 5) is 0. The van der Waals surface area contributed by atoms with Crippen molar-refractivity contribution < 1.29 is 52.7 Å². The van der Waals surface area contributed by atoms with Gasteiger partial charge in [0.05, 0.1) is 0 Å². The zero-order valence-corrected chi connectivity index (χ0v) is 7.93. The summed E-state index contributed by atoms with van der Waals surface area (Å²) in [7, 11) is 0. The number of alkyl halides is 12. The highest BCUT2D eigenvalue weighted by Gasteiger charge is 2.91. The van der Waals surface area contributed by atoms with Crippen molar-refractivity contribution in [1.29, 1.82) is 0 Å². The maximum Gasteiger partial charge on any atom is 0.479 e. The van der Waals surface area contributed by atoms with Gasteiger partial charge >= 0.3 is 30.6 Å². The Bertz CT molecular complexity index is 331. The van der Waals surface area contributed by atoms with E-state index in [-0.39, 0.29) is 0 Å². The van der Waals surface area contributed by atoms with Crippen LogP contribution in [0, 0.1) is 0 Å². The van der Waals surface area contributed by atoms with Gasteiger partial charge in [0, 0.05) is 0 Å². The molecule has 0 aromatic heterocycles. The van der Waals surface area contributed by atoms with Gasteiger partial charge in [0.1, 0.15) is 0 Å². The topological polar surface area (TPSA) is 6.48 Å². The summed E-state index contributed by atoms with van der Waals surface area (Å²) in [6.07, 6.45) is -13.6. The predicted octanol–water partition coefficient (Wildman–Crippen LogP) is 3.38. The number of hydrazine groups is 1. The molecule has 1 aliphatic heterocycles. The van der Waals surface area contributed by atoms with E-state index >= 15 is 0 Å². The van der Waals surface area contributed by atoms with Crippen molar-refractivity contribution in [3.63, 3.8) is 0 Å². The number of halogens is 12. The summed E-state index contributed by atoms with van der Waals surface area (Å²) in [5.41, 5.74) is 0. The smallest absolute Gasteiger partial charge is 0.189 e. The predicted molar refractivity (Wildman–Crippen MR) is 30.6 cm³/mol. The first-order valence-corrected chi connectivity index (χ1v) is 3.86. The van der Waals surface area contributed by atoms with E-state index in [1.807, 2.05) is 0 Å². The Morgan fingerprint density at radius 2 is 0.737 bits per heavy atom. The minimum Gasteiger partial charge on any atom is -0.189 e. The molecule has 1 fully saturated rings. The van der Waals surface area contributed by atoms with Crippen LogP contribution in [0.4, 0.5) is 52.7 Å². The maximum absolute atomic E-state index is 12.6. The molecule has 0 spiro atoms. The normalized spacial score (nSPS) is 27.8. The number of hydrogen-bond acceptors (Lipinski definition) is 2. The summed E-state index contributed by atoms with van der Waals surface area (Å²) in [5, 5.41) is -6.67. The summed E-state index contributed by atoms with van der Waals surface area (Å²) >= 11 is 0. The average molecular weight is 316 g/mol. The Kier molecular flexibility index (Phi) is 3.05. The highest BCUT2D eigenvalue weighted by Crippen LogP contribution is 2.61. The van der Waals surface area contributed by atoms with E-state index in [0.29, 0.717) is 0 Å². The molecule has 0 bridgehead atoms. The molecule has 0 unspecified atom stereocenters. The van der Waals surface area contributed by atoms with Gasteiger partial charge < -0.3 is 0 Å². The maximum atomic E-state index is 12.6. The van der Waals surface area contributed by atoms with E-state index in [1.165, 1.54) is 0 Å².